The van der Waals surface area contributed by atoms with Crippen LogP contribution in [0.15, 0.2) is 43.0 Å². The van der Waals surface area contributed by atoms with E-state index in [0.717, 1.165) is 9.80 Å². The van der Waals surface area contributed by atoms with Gasteiger partial charge in [0, 0.05) is 138 Å². The number of aliphatic hydroxyl groups excluding tert-OH is 2. The number of likely N-dealkylation sites (N-methyl/N-ethyl adjacent to an activating group) is 7. The number of carbonyl (C=O) groups is 13. The maximum absolute atomic E-state index is 15.9. The van der Waals surface area contributed by atoms with Crippen molar-refractivity contribution in [2.24, 2.45) is 41.4 Å². The molecule has 7 N–H and O–H groups in total. The third-order valence-electron chi connectivity index (χ3n) is 25.0. The van der Waals surface area contributed by atoms with Crippen LogP contribution in [0.1, 0.15) is 174 Å². The fraction of sp³-hybridized carbons (Fsp3) is 0.667. The third kappa shape index (κ3) is 26.8. The highest BCUT2D eigenvalue weighted by atomic mass is 35.5. The molecule has 0 radical (unpaired) electrons. The average molecular weight is 1820 g/mol. The van der Waals surface area contributed by atoms with Gasteiger partial charge < -0.3 is 90.1 Å². The van der Waals surface area contributed by atoms with Gasteiger partial charge in [-0.05, 0) is 131 Å². The van der Waals surface area contributed by atoms with Crippen LogP contribution in [0.25, 0.3) is 28.1 Å². The third-order valence-corrected chi connectivity index (χ3v) is 25.3. The molecule has 0 aliphatic carbocycles. The van der Waals surface area contributed by atoms with Crippen LogP contribution in [-0.2, 0) is 62.3 Å². The highest BCUT2D eigenvalue weighted by Gasteiger charge is 2.47. The first kappa shape index (κ1) is 106. The standard InChI is InChI=1S/C93H144ClFN18O16/c1-25-65-88(124)103(18)51-74(117)104(19)66(46-52(3)4)85(121)100-77(56(11)12)91(127)105(20)67(47-53(5)6)84(120)97-59(16)83(119)98-60(17)87(123)106(21)68(48-54(7)8)89(125)107(22)69(49-55(9)10)90(126)108(23)79(57(13)14)92(128)109(24)80(86(122)99-65)81(118)58(15)30-27-34-72(115)111-37-39-112(40-38-111)73(116)35-36-96-93-101-78-61-31-29-45-129-70-33-28-32-64(95)76(70)75(61)63(94)50-62(78)82(102-93)113-43-41-110(42-44-113)71(114)26-2/h26,28-29,31-33,50,52-60,65-69,77,79-81,84,97,118,120H,2,25,27,30,34-49,51H2,1,3-24H3,(H,98,119)(H,99,122)(H,100,121)(H,96,101,102)/t58-,59+,60-,65+,66+,67+,68+,69+,77+,79+,80+,81-,84?/m1/s1. The van der Waals surface area contributed by atoms with Gasteiger partial charge in [-0.1, -0.05) is 127 Å². The van der Waals surface area contributed by atoms with E-state index in [0.29, 0.717) is 59.8 Å². The molecule has 3 aromatic rings. The summed E-state index contributed by atoms with van der Waals surface area (Å²) in [6.07, 6.45) is 2.40. The van der Waals surface area contributed by atoms with Gasteiger partial charge in [0.2, 0.25) is 82.7 Å². The molecule has 0 saturated carbocycles. The molecule has 13 amide bonds. The van der Waals surface area contributed by atoms with Crippen LogP contribution >= 0.6 is 11.6 Å². The lowest BCUT2D eigenvalue weighted by Crippen LogP contribution is -2.63. The van der Waals surface area contributed by atoms with Crippen molar-refractivity contribution in [3.63, 3.8) is 0 Å². The van der Waals surface area contributed by atoms with E-state index in [1.54, 1.807) is 86.6 Å². The maximum Gasteiger partial charge on any atom is 0.246 e. The molecule has 3 fully saturated rings. The number of ether oxygens (including phenoxy) is 1. The van der Waals surface area contributed by atoms with Gasteiger partial charge in [-0.3, -0.25) is 67.6 Å². The first-order chi connectivity index (χ1) is 60.6. The second-order valence-corrected chi connectivity index (χ2v) is 37.9. The number of fused-ring (bicyclic) bond motifs is 5. The van der Waals surface area contributed by atoms with Crippen LogP contribution < -0.4 is 36.2 Å². The first-order valence-corrected chi connectivity index (χ1v) is 45.9. The van der Waals surface area contributed by atoms with E-state index in [1.807, 2.05) is 60.3 Å². The second kappa shape index (κ2) is 47.6. The van der Waals surface area contributed by atoms with Gasteiger partial charge in [0.05, 0.1) is 40.8 Å². The molecular formula is C93H144ClFN18O16. The van der Waals surface area contributed by atoms with Crippen LogP contribution in [0.4, 0.5) is 16.2 Å². The molecule has 4 aliphatic rings. The van der Waals surface area contributed by atoms with Crippen molar-refractivity contribution < 1.29 is 81.7 Å². The van der Waals surface area contributed by atoms with E-state index in [2.05, 4.69) is 33.2 Å². The van der Waals surface area contributed by atoms with Crippen molar-refractivity contribution in [2.75, 3.05) is 132 Å². The summed E-state index contributed by atoms with van der Waals surface area (Å²) in [5, 5.41) is 40.1. The summed E-state index contributed by atoms with van der Waals surface area (Å²) in [5.74, 6) is -10.1. The summed E-state index contributed by atoms with van der Waals surface area (Å²) in [5.41, 5.74) is 1.56. The van der Waals surface area contributed by atoms with Crippen LogP contribution in [0.5, 0.6) is 5.75 Å². The minimum Gasteiger partial charge on any atom is -0.489 e. The molecule has 4 aliphatic heterocycles. The number of rotatable bonds is 23. The van der Waals surface area contributed by atoms with Gasteiger partial charge in [0.25, 0.3) is 0 Å². The van der Waals surface area contributed by atoms with Gasteiger partial charge in [-0.15, -0.1) is 0 Å². The van der Waals surface area contributed by atoms with E-state index in [-0.39, 0.29) is 155 Å². The van der Waals surface area contributed by atoms with Crippen molar-refractivity contribution in [1.82, 2.24) is 80.2 Å². The number of hydrogen-bond donors (Lipinski definition) is 7. The van der Waals surface area contributed by atoms with Gasteiger partial charge in [0.1, 0.15) is 78.6 Å². The monoisotopic (exact) mass is 1820 g/mol. The SMILES string of the molecule is C=CC(=O)N1CCN(c2nc(NCCC(=O)N3CCN(C(=O)CCC[C@@H](C)[C@@H](O)[C@H]4C(=O)N[C@@H](CC)C(=O)N(C)CC(=O)N(C)[C@@H](CC(C)C)C(=O)N[C@@H](C(C)C)C(=O)N(C)[C@@H](CC(C)C)C(O)N[C@@H](C)C(=O)N[C@H](C)C(=O)N(C)[C@@H](CC(C)C)C(=O)N(C)[C@@H](CC(C)C)C(=O)N(C)[C@@H](C(C)C)C(=O)N4C)CC3)nc3c4c(c(Cl)cc23)-c2c(F)cccc2OCC=C4)CC1. The highest BCUT2D eigenvalue weighted by molar-refractivity contribution is 6.35. The Morgan fingerprint density at radius 2 is 1.16 bits per heavy atom. The molecule has 34 nitrogen and oxygen atoms in total. The number of amides is 13. The van der Waals surface area contributed by atoms with Gasteiger partial charge >= 0.3 is 0 Å². The number of piperazine rings is 2. The zero-order valence-electron chi connectivity index (χ0n) is 80.0. The second-order valence-electron chi connectivity index (χ2n) is 37.5. The predicted octanol–water partition coefficient (Wildman–Crippen LogP) is 6.08. The number of benzene rings is 2. The van der Waals surface area contributed by atoms with E-state index in [9.17, 15) is 53.4 Å². The molecule has 0 spiro atoms. The van der Waals surface area contributed by atoms with Gasteiger partial charge in [0.15, 0.2) is 0 Å². The average Bonchev–Trinajstić information content (AvgIpc) is 0.738. The normalized spacial score (nSPS) is 24.0. The summed E-state index contributed by atoms with van der Waals surface area (Å²) < 4.78 is 21.8. The predicted molar refractivity (Wildman–Crippen MR) is 494 cm³/mol. The van der Waals surface area contributed by atoms with E-state index < -0.39 is 162 Å². The number of carbonyl (C=O) groups excluding carboxylic acids is 13. The lowest BCUT2D eigenvalue weighted by atomic mass is 9.90. The molecule has 1 aromatic heterocycles. The molecule has 129 heavy (non-hydrogen) atoms. The lowest BCUT2D eigenvalue weighted by Gasteiger charge is -2.41. The zero-order valence-corrected chi connectivity index (χ0v) is 80.8. The number of hydrogen-bond acceptors (Lipinski definition) is 21. The van der Waals surface area contributed by atoms with Crippen LogP contribution in [-0.4, -0.2) is 340 Å². The molecule has 7 rings (SSSR count). The number of aliphatic hydroxyl groups is 2. The number of anilines is 2. The van der Waals surface area contributed by atoms with Gasteiger partial charge in [-0.2, -0.15) is 4.98 Å². The number of halogens is 2. The zero-order chi connectivity index (χ0) is 96.3. The molecule has 13 atom stereocenters. The van der Waals surface area contributed by atoms with E-state index in [1.165, 1.54) is 99.8 Å². The number of nitrogens with one attached hydrogen (secondary N) is 5. The van der Waals surface area contributed by atoms with Crippen LogP contribution in [0, 0.1) is 47.2 Å². The smallest absolute Gasteiger partial charge is 0.246 e. The fourth-order valence-corrected chi connectivity index (χ4v) is 17.6. The Hall–Kier alpha value is -10.1. The Morgan fingerprint density at radius 1 is 0.612 bits per heavy atom. The molecule has 0 bridgehead atoms. The van der Waals surface area contributed by atoms with Crippen LogP contribution in [0.2, 0.25) is 5.02 Å². The van der Waals surface area contributed by atoms with Crippen molar-refractivity contribution >= 4 is 117 Å². The van der Waals surface area contributed by atoms with Crippen molar-refractivity contribution in [1.29, 1.82) is 0 Å². The molecule has 2 aromatic carbocycles. The first-order valence-electron chi connectivity index (χ1n) is 45.5. The van der Waals surface area contributed by atoms with Gasteiger partial charge in [-0.25, -0.2) is 9.37 Å². The summed E-state index contributed by atoms with van der Waals surface area (Å²) >= 11 is 7.09. The lowest BCUT2D eigenvalue weighted by molar-refractivity contribution is -0.157. The largest absolute Gasteiger partial charge is 0.489 e. The molecule has 3 saturated heterocycles. The minimum atomic E-state index is -1.79. The summed E-state index contributed by atoms with van der Waals surface area (Å²) in [6, 6.07) is -6.51. The summed E-state index contributed by atoms with van der Waals surface area (Å²) in [7, 11) is 9.82. The quantitative estimate of drug-likeness (QED) is 0.0529. The van der Waals surface area contributed by atoms with E-state index >= 15 is 23.6 Å². The summed E-state index contributed by atoms with van der Waals surface area (Å²) in [4.78, 5) is 216. The number of aromatic nitrogens is 2. The molecule has 1 unspecified atom stereocenters. The van der Waals surface area contributed by atoms with E-state index in [4.69, 9.17) is 26.3 Å². The summed E-state index contributed by atoms with van der Waals surface area (Å²) in [6.45, 7) is 33.7. The Balaban J connectivity index is 1.14. The maximum atomic E-state index is 15.9. The molecule has 716 valence electrons. The Labute approximate surface area is 765 Å². The molecule has 5 heterocycles. The Bertz CT molecular complexity index is 4520. The number of nitrogens with zero attached hydrogens (tertiary/aromatic N) is 13. The molecule has 36 heteroatoms. The minimum absolute atomic E-state index is 0.0103. The Kier molecular flexibility index (Phi) is 39.1. The highest BCUT2D eigenvalue weighted by Crippen LogP contribution is 2.46. The van der Waals surface area contributed by atoms with Crippen molar-refractivity contribution in [2.45, 2.75) is 241 Å². The Morgan fingerprint density at radius 3 is 1.72 bits per heavy atom. The van der Waals surface area contributed by atoms with Crippen molar-refractivity contribution in [3.8, 4) is 16.9 Å². The van der Waals surface area contributed by atoms with Crippen molar-refractivity contribution in [3.05, 3.63) is 59.4 Å². The van der Waals surface area contributed by atoms with Crippen LogP contribution in [0.3, 0.4) is 0 Å². The fourth-order valence-electron chi connectivity index (χ4n) is 17.3. The molecular weight excluding hydrogens is 1680 g/mol. The topological polar surface area (TPSA) is 393 Å².